The van der Waals surface area contributed by atoms with Crippen LogP contribution < -0.4 is 9.62 Å². The molecule has 1 aliphatic carbocycles. The van der Waals surface area contributed by atoms with Gasteiger partial charge >= 0.3 is 0 Å². The normalized spacial score (nSPS) is 14.1. The zero-order valence-corrected chi connectivity index (χ0v) is 27.7. The molecule has 0 aliphatic heterocycles. The van der Waals surface area contributed by atoms with E-state index in [1.54, 1.807) is 35.2 Å². The fraction of sp³-hybridized carbons (Fsp3) is 0.278. The minimum absolute atomic E-state index is 0.0583. The summed E-state index contributed by atoms with van der Waals surface area (Å²) in [7, 11) is -4.12. The maximum Gasteiger partial charge on any atom is 0.264 e. The van der Waals surface area contributed by atoms with E-state index in [2.05, 4.69) is 21.2 Å². The first kappa shape index (κ1) is 32.4. The van der Waals surface area contributed by atoms with Crippen molar-refractivity contribution in [3.8, 4) is 0 Å². The quantitative estimate of drug-likeness (QED) is 0.181. The highest BCUT2D eigenvalue weighted by Gasteiger charge is 2.35. The van der Waals surface area contributed by atoms with Gasteiger partial charge in [-0.15, -0.1) is 0 Å². The Bertz CT molecular complexity index is 1680. The number of rotatable bonds is 12. The third kappa shape index (κ3) is 8.41. The third-order valence-corrected chi connectivity index (χ3v) is 10.5. The number of amides is 2. The Morgan fingerprint density at radius 3 is 2.04 bits per heavy atom. The topological polar surface area (TPSA) is 86.8 Å². The molecule has 1 saturated carbocycles. The van der Waals surface area contributed by atoms with Gasteiger partial charge < -0.3 is 10.2 Å². The number of nitrogens with one attached hydrogen (secondary N) is 1. The van der Waals surface area contributed by atoms with Crippen LogP contribution in [0.25, 0.3) is 0 Å². The van der Waals surface area contributed by atoms with Crippen LogP contribution in [0.15, 0.2) is 119 Å². The van der Waals surface area contributed by atoms with Crippen molar-refractivity contribution in [3.05, 3.63) is 130 Å². The number of aryl methyl sites for hydroxylation is 1. The summed E-state index contributed by atoms with van der Waals surface area (Å²) in [5.74, 6) is -0.704. The number of benzene rings is 4. The SMILES string of the molecule is Cc1ccc(N(CC(=O)N(Cc2ccc(Br)cc2)[C@@H](Cc2ccccc2)C(=O)NC2CCCC2)S(=O)(=O)c2ccccc2)cc1. The van der Waals surface area contributed by atoms with Gasteiger partial charge in [-0.1, -0.05) is 107 Å². The minimum atomic E-state index is -4.12. The van der Waals surface area contributed by atoms with Crippen LogP contribution in [0.2, 0.25) is 0 Å². The minimum Gasteiger partial charge on any atom is -0.352 e. The Labute approximate surface area is 274 Å². The fourth-order valence-corrected chi connectivity index (χ4v) is 7.37. The van der Waals surface area contributed by atoms with Gasteiger partial charge in [-0.2, -0.15) is 0 Å². The molecule has 0 aromatic heterocycles. The molecule has 0 heterocycles. The highest BCUT2D eigenvalue weighted by molar-refractivity contribution is 9.10. The highest BCUT2D eigenvalue weighted by Crippen LogP contribution is 2.26. The number of nitrogens with zero attached hydrogens (tertiary/aromatic N) is 2. The van der Waals surface area contributed by atoms with Crippen molar-refractivity contribution < 1.29 is 18.0 Å². The molecule has 5 rings (SSSR count). The van der Waals surface area contributed by atoms with E-state index in [1.807, 2.05) is 73.7 Å². The van der Waals surface area contributed by atoms with Crippen molar-refractivity contribution in [3.63, 3.8) is 0 Å². The number of halogens is 1. The van der Waals surface area contributed by atoms with E-state index in [4.69, 9.17) is 0 Å². The standard InChI is InChI=1S/C36H38BrN3O4S/c1-27-16-22-32(23-17-27)40(45(43,44)33-14-6-3-7-15-33)26-35(41)39(25-29-18-20-30(37)21-19-29)34(24-28-10-4-2-5-11-28)36(42)38-31-12-8-9-13-31/h2-7,10-11,14-23,31,34H,8-9,12-13,24-26H2,1H3,(H,38,42)/t34-/m0/s1. The molecule has 0 spiro atoms. The lowest BCUT2D eigenvalue weighted by atomic mass is 10.0. The number of carbonyl (C=O) groups excluding carboxylic acids is 2. The maximum atomic E-state index is 14.5. The van der Waals surface area contributed by atoms with Gasteiger partial charge in [0.1, 0.15) is 12.6 Å². The molecule has 0 radical (unpaired) electrons. The van der Waals surface area contributed by atoms with Crippen molar-refractivity contribution in [2.45, 2.75) is 62.6 Å². The molecule has 1 atom stereocenters. The molecule has 1 N–H and O–H groups in total. The Morgan fingerprint density at radius 1 is 0.822 bits per heavy atom. The first-order valence-corrected chi connectivity index (χ1v) is 17.5. The molecule has 4 aromatic rings. The first-order valence-electron chi connectivity index (χ1n) is 15.2. The van der Waals surface area contributed by atoms with Crippen molar-refractivity contribution in [1.29, 1.82) is 0 Å². The number of hydrogen-bond donors (Lipinski definition) is 1. The lowest BCUT2D eigenvalue weighted by Crippen LogP contribution is -2.54. The van der Waals surface area contributed by atoms with Gasteiger partial charge in [0.2, 0.25) is 11.8 Å². The van der Waals surface area contributed by atoms with Gasteiger partial charge in [0.25, 0.3) is 10.0 Å². The molecule has 0 bridgehead atoms. The maximum absolute atomic E-state index is 14.5. The molecule has 4 aromatic carbocycles. The Balaban J connectivity index is 1.55. The summed E-state index contributed by atoms with van der Waals surface area (Å²) in [4.78, 5) is 30.2. The molecule has 9 heteroatoms. The number of anilines is 1. The Hall–Kier alpha value is -3.95. The first-order chi connectivity index (χ1) is 21.7. The summed E-state index contributed by atoms with van der Waals surface area (Å²) in [5, 5.41) is 3.20. The molecule has 1 fully saturated rings. The second-order valence-corrected chi connectivity index (χ2v) is 14.3. The summed E-state index contributed by atoms with van der Waals surface area (Å²) in [6, 6.07) is 31.6. The van der Waals surface area contributed by atoms with Crippen LogP contribution >= 0.6 is 15.9 Å². The zero-order valence-electron chi connectivity index (χ0n) is 25.3. The lowest BCUT2D eigenvalue weighted by molar-refractivity contribution is -0.140. The number of carbonyl (C=O) groups is 2. The number of sulfonamides is 1. The highest BCUT2D eigenvalue weighted by atomic mass is 79.9. The van der Waals surface area contributed by atoms with Crippen LogP contribution in [0.4, 0.5) is 5.69 Å². The summed E-state index contributed by atoms with van der Waals surface area (Å²) in [5.41, 5.74) is 3.07. The van der Waals surface area contributed by atoms with E-state index in [0.29, 0.717) is 5.69 Å². The van der Waals surface area contributed by atoms with Gasteiger partial charge in [-0.25, -0.2) is 8.42 Å². The van der Waals surface area contributed by atoms with E-state index in [0.717, 1.165) is 51.2 Å². The van der Waals surface area contributed by atoms with Crippen LogP contribution in [0.1, 0.15) is 42.4 Å². The van der Waals surface area contributed by atoms with Gasteiger partial charge in [-0.05, 0) is 67.3 Å². The Kier molecular flexibility index (Phi) is 10.7. The van der Waals surface area contributed by atoms with Crippen LogP contribution in [0, 0.1) is 6.92 Å². The van der Waals surface area contributed by atoms with Gasteiger partial charge in [0.05, 0.1) is 10.6 Å². The predicted molar refractivity (Wildman–Crippen MR) is 181 cm³/mol. The monoisotopic (exact) mass is 687 g/mol. The van der Waals surface area contributed by atoms with Crippen molar-refractivity contribution in [1.82, 2.24) is 10.2 Å². The van der Waals surface area contributed by atoms with Gasteiger partial charge in [0.15, 0.2) is 0 Å². The largest absolute Gasteiger partial charge is 0.352 e. The summed E-state index contributed by atoms with van der Waals surface area (Å²) < 4.78 is 30.2. The van der Waals surface area contributed by atoms with Crippen LogP contribution in [-0.2, 0) is 32.6 Å². The summed E-state index contributed by atoms with van der Waals surface area (Å²) in [6.07, 6.45) is 4.21. The second-order valence-electron chi connectivity index (χ2n) is 11.5. The van der Waals surface area contributed by atoms with Crippen LogP contribution in [0.5, 0.6) is 0 Å². The van der Waals surface area contributed by atoms with E-state index >= 15 is 0 Å². The molecule has 0 unspecified atom stereocenters. The summed E-state index contributed by atoms with van der Waals surface area (Å²) >= 11 is 3.48. The lowest BCUT2D eigenvalue weighted by Gasteiger charge is -2.34. The van der Waals surface area contributed by atoms with Crippen LogP contribution in [0.3, 0.4) is 0 Å². The fourth-order valence-electron chi connectivity index (χ4n) is 5.67. The molecule has 7 nitrogen and oxygen atoms in total. The van der Waals surface area contributed by atoms with E-state index in [-0.39, 0.29) is 29.8 Å². The molecule has 2 amide bonds. The van der Waals surface area contributed by atoms with Crippen molar-refractivity contribution in [2.75, 3.05) is 10.8 Å². The smallest absolute Gasteiger partial charge is 0.264 e. The Morgan fingerprint density at radius 2 is 1.42 bits per heavy atom. The van der Waals surface area contributed by atoms with Crippen molar-refractivity contribution >= 4 is 43.5 Å². The van der Waals surface area contributed by atoms with E-state index < -0.39 is 28.5 Å². The molecule has 45 heavy (non-hydrogen) atoms. The molecular weight excluding hydrogens is 650 g/mol. The van der Waals surface area contributed by atoms with E-state index in [1.165, 1.54) is 12.1 Å². The molecule has 0 saturated heterocycles. The molecule has 1 aliphatic rings. The second kappa shape index (κ2) is 14.9. The van der Waals surface area contributed by atoms with Crippen molar-refractivity contribution in [2.24, 2.45) is 0 Å². The van der Waals surface area contributed by atoms with Crippen LogP contribution in [-0.4, -0.2) is 43.8 Å². The summed E-state index contributed by atoms with van der Waals surface area (Å²) in [6.45, 7) is 1.58. The third-order valence-electron chi connectivity index (χ3n) is 8.17. The average Bonchev–Trinajstić information content (AvgIpc) is 3.57. The molecular formula is C36H38BrN3O4S. The molecule has 234 valence electrons. The van der Waals surface area contributed by atoms with E-state index in [9.17, 15) is 18.0 Å². The predicted octanol–water partition coefficient (Wildman–Crippen LogP) is 6.65. The van der Waals surface area contributed by atoms with Gasteiger partial charge in [0, 0.05) is 23.5 Å². The average molecular weight is 689 g/mol. The number of hydrogen-bond acceptors (Lipinski definition) is 4. The zero-order chi connectivity index (χ0) is 31.8. The van der Waals surface area contributed by atoms with Gasteiger partial charge in [-0.3, -0.25) is 13.9 Å².